The van der Waals surface area contributed by atoms with Gasteiger partial charge in [0.05, 0.1) is 10.8 Å². The van der Waals surface area contributed by atoms with Gasteiger partial charge in [0.1, 0.15) is 51.5 Å². The topological polar surface area (TPSA) is 342 Å². The van der Waals surface area contributed by atoms with Crippen molar-refractivity contribution in [1.29, 1.82) is 10.5 Å². The van der Waals surface area contributed by atoms with E-state index in [4.69, 9.17) is 8.97 Å². The summed E-state index contributed by atoms with van der Waals surface area (Å²) in [5, 5.41) is 41.0. The van der Waals surface area contributed by atoms with Crippen LogP contribution in [0.4, 0.5) is 0 Å². The van der Waals surface area contributed by atoms with Crippen LogP contribution >= 0.6 is 34.4 Å². The van der Waals surface area contributed by atoms with E-state index in [1.165, 1.54) is 24.8 Å². The zero-order chi connectivity index (χ0) is 42.9. The molecule has 0 saturated heterocycles. The molecule has 0 bridgehead atoms. The fraction of sp³-hybridized carbons (Fsp3) is 0.355. The lowest BCUT2D eigenvalue weighted by Crippen LogP contribution is -2.37. The van der Waals surface area contributed by atoms with Gasteiger partial charge in [0.2, 0.25) is 11.5 Å². The smallest absolute Gasteiger partial charge is 0.323 e. The van der Waals surface area contributed by atoms with Gasteiger partial charge in [-0.25, -0.2) is 0 Å². The van der Waals surface area contributed by atoms with Gasteiger partial charge in [0.15, 0.2) is 15.5 Å². The number of allylic oxidation sites excluding steroid dienone is 3. The van der Waals surface area contributed by atoms with Crippen LogP contribution in [0, 0.1) is 41.9 Å². The molecule has 4 heterocycles. The van der Waals surface area contributed by atoms with Crippen molar-refractivity contribution in [1.82, 2.24) is 23.9 Å². The Bertz CT molecular complexity index is 3150. The zero-order valence-corrected chi connectivity index (χ0v) is 33.7. The van der Waals surface area contributed by atoms with Gasteiger partial charge in [-0.3, -0.25) is 51.6 Å². The molecule has 2 aliphatic rings. The highest BCUT2D eigenvalue weighted by Gasteiger charge is 2.31. The summed E-state index contributed by atoms with van der Waals surface area (Å²) in [4.78, 5) is 80.7. The van der Waals surface area contributed by atoms with E-state index in [0.717, 1.165) is 23.4 Å². The van der Waals surface area contributed by atoms with E-state index in [1.807, 2.05) is 0 Å². The number of aromatic nitrogens is 3. The van der Waals surface area contributed by atoms with Crippen LogP contribution in [0.3, 0.4) is 0 Å². The first-order chi connectivity index (χ1) is 27.1. The lowest BCUT2D eigenvalue weighted by Gasteiger charge is -2.24. The largest absolute Gasteiger partial charge is 0.480 e. The monoisotopic (exact) mass is 899 g/mol. The number of carboxylic acids is 2. The molecule has 27 heteroatoms. The van der Waals surface area contributed by atoms with Crippen LogP contribution in [0.5, 0.6) is 0 Å². The molecule has 3 aromatic heterocycles. The standard InChI is InChI=1S/C31H29N7O15S5/c1-15(8-20-36(11-19(39)34-14-58(50,51)52)17-4-2-3-5-18(17)54-20)23-26(44)37(12-21(40)41)29(53-23)24-27(45)38(13-22(42)43)31(55-24)25-28(46)35(6-7-57(47,48)49)30(56-25)16(9-32)10-33/h8H,2-7,11-14H2,1H3,(H,34,39)(H,40,41)(H,42,43)(H,47,48,49)(H,50,51,52)/b20-8?,23-15?,29-24+,31-25+. The van der Waals surface area contributed by atoms with Gasteiger partial charge < -0.3 is 24.8 Å². The van der Waals surface area contributed by atoms with Gasteiger partial charge in [-0.15, -0.1) is 22.7 Å². The van der Waals surface area contributed by atoms with Gasteiger partial charge >= 0.3 is 11.9 Å². The molecule has 3 aromatic rings. The first-order valence-electron chi connectivity index (χ1n) is 16.4. The van der Waals surface area contributed by atoms with Gasteiger partial charge in [0, 0.05) is 22.7 Å². The molecule has 22 nitrogen and oxygen atoms in total. The highest BCUT2D eigenvalue weighted by molar-refractivity contribution is 8.07. The van der Waals surface area contributed by atoms with Gasteiger partial charge in [-0.05, 0) is 38.7 Å². The number of carbonyl (C=O) groups is 3. The molecule has 0 radical (unpaired) electrons. The highest BCUT2D eigenvalue weighted by Crippen LogP contribution is 2.47. The average molecular weight is 900 g/mol. The maximum absolute atomic E-state index is 14.0. The number of aliphatic carboxylic acids is 2. The Kier molecular flexibility index (Phi) is 12.9. The van der Waals surface area contributed by atoms with Crippen molar-refractivity contribution in [3.05, 3.63) is 82.1 Å². The summed E-state index contributed by atoms with van der Waals surface area (Å²) < 4.78 is 69.8. The molecule has 0 aromatic carbocycles. The molecule has 0 fully saturated rings. The summed E-state index contributed by atoms with van der Waals surface area (Å²) in [5.41, 5.74) is -4.23. The van der Waals surface area contributed by atoms with Crippen LogP contribution in [-0.2, 0) is 54.3 Å². The number of carboxylic acid groups (broad SMARTS) is 2. The first-order valence-corrected chi connectivity index (χ1v) is 22.0. The Morgan fingerprint density at radius 1 is 0.862 bits per heavy atom. The van der Waals surface area contributed by atoms with Crippen LogP contribution < -0.4 is 32.1 Å². The van der Waals surface area contributed by atoms with E-state index in [1.54, 1.807) is 17.0 Å². The molecule has 58 heavy (non-hydrogen) atoms. The molecule has 5 N–H and O–H groups in total. The Morgan fingerprint density at radius 2 is 1.48 bits per heavy atom. The number of oxazole rings is 1. The minimum atomic E-state index is -4.68. The second-order valence-corrected chi connectivity index (χ2v) is 18.5. The molecule has 5 rings (SSSR count). The van der Waals surface area contributed by atoms with Crippen LogP contribution in [0.25, 0.3) is 11.1 Å². The van der Waals surface area contributed by atoms with Crippen LogP contribution in [0.1, 0.15) is 32.6 Å². The SMILES string of the molecule is CC(C=C1SC2=C(CCCC2)N1CC(=O)NCS(=O)(=O)O)=c1o/c(=c2/s/c(=c3/sc(=C(C#N)C#N)n(CCS(=O)(=O)O)c3=O)n(CC(=O)O)c2=O)n(CC(=O)O)c1=O. The quantitative estimate of drug-likeness (QED) is 0.129. The Balaban J connectivity index is 1.85. The van der Waals surface area contributed by atoms with Crippen LogP contribution in [0.2, 0.25) is 0 Å². The second-order valence-electron chi connectivity index (χ2n) is 12.4. The lowest BCUT2D eigenvalue weighted by atomic mass is 10.0. The van der Waals surface area contributed by atoms with Crippen molar-refractivity contribution in [2.75, 3.05) is 18.2 Å². The summed E-state index contributed by atoms with van der Waals surface area (Å²) >= 11 is 2.10. The second kappa shape index (κ2) is 17.1. The maximum Gasteiger partial charge on any atom is 0.323 e. The van der Waals surface area contributed by atoms with Crippen LogP contribution in [0.15, 0.2) is 40.5 Å². The van der Waals surface area contributed by atoms with E-state index in [2.05, 4.69) is 5.32 Å². The number of hydrogen-bond donors (Lipinski definition) is 5. The fourth-order valence-corrected chi connectivity index (χ4v) is 10.3. The van der Waals surface area contributed by atoms with Crippen molar-refractivity contribution < 1.29 is 55.0 Å². The normalized spacial score (nSPS) is 16.8. The van der Waals surface area contributed by atoms with Crippen molar-refractivity contribution in [2.24, 2.45) is 0 Å². The number of thiazole rings is 2. The summed E-state index contributed by atoms with van der Waals surface area (Å²) in [6.07, 6.45) is 4.30. The number of nitrogens with one attached hydrogen (secondary N) is 1. The third kappa shape index (κ3) is 9.58. The number of hydrogen-bond acceptors (Lipinski definition) is 17. The van der Waals surface area contributed by atoms with Crippen LogP contribution in [-0.4, -0.2) is 90.8 Å². The number of amides is 1. The number of nitrogens with zero attached hydrogens (tertiary/aromatic N) is 6. The molecule has 0 atom stereocenters. The summed E-state index contributed by atoms with van der Waals surface area (Å²) in [6, 6.07) is 3.11. The zero-order valence-electron chi connectivity index (χ0n) is 29.7. The van der Waals surface area contributed by atoms with E-state index in [0.29, 0.717) is 54.2 Å². The van der Waals surface area contributed by atoms with Crippen molar-refractivity contribution in [2.45, 2.75) is 52.2 Å². The Labute approximate surface area is 336 Å². The average Bonchev–Trinajstić information content (AvgIpc) is 3.83. The van der Waals surface area contributed by atoms with E-state index in [-0.39, 0.29) is 16.8 Å². The van der Waals surface area contributed by atoms with Gasteiger partial charge in [0.25, 0.3) is 36.9 Å². The summed E-state index contributed by atoms with van der Waals surface area (Å²) in [5.74, 6) is -5.96. The molecular formula is C31H29N7O15S5. The molecule has 1 amide bonds. The van der Waals surface area contributed by atoms with E-state index in [9.17, 15) is 70.9 Å². The Morgan fingerprint density at radius 3 is 2.09 bits per heavy atom. The fourth-order valence-electron chi connectivity index (χ4n) is 5.84. The van der Waals surface area contributed by atoms with Gasteiger partial charge in [-0.2, -0.15) is 27.4 Å². The van der Waals surface area contributed by atoms with E-state index < -0.39 is 116 Å². The third-order valence-corrected chi connectivity index (χ3v) is 13.2. The van der Waals surface area contributed by atoms with Crippen molar-refractivity contribution in [3.8, 4) is 12.1 Å². The molecule has 0 saturated carbocycles. The molecule has 0 spiro atoms. The summed E-state index contributed by atoms with van der Waals surface area (Å²) in [6.45, 7) is -1.87. The molecule has 0 unspecified atom stereocenters. The maximum atomic E-state index is 14.0. The van der Waals surface area contributed by atoms with Crippen molar-refractivity contribution >= 4 is 83.7 Å². The molecule has 1 aliphatic carbocycles. The highest BCUT2D eigenvalue weighted by atomic mass is 32.2. The predicted octanol–water partition coefficient (Wildman–Crippen LogP) is -1.48. The number of thioether (sulfide) groups is 1. The molecule has 1 aliphatic heterocycles. The summed E-state index contributed by atoms with van der Waals surface area (Å²) in [7, 11) is -9.20. The first kappa shape index (κ1) is 43.6. The molecular weight excluding hydrogens is 871 g/mol. The third-order valence-electron chi connectivity index (χ3n) is 8.30. The van der Waals surface area contributed by atoms with E-state index >= 15 is 0 Å². The van der Waals surface area contributed by atoms with Gasteiger partial charge in [-0.1, -0.05) is 11.8 Å². The number of rotatable bonds is 12. The number of nitriles is 2. The Hall–Kier alpha value is -5.55. The van der Waals surface area contributed by atoms with Crippen molar-refractivity contribution in [3.63, 3.8) is 0 Å². The predicted molar refractivity (Wildman–Crippen MR) is 203 cm³/mol. The number of carbonyl (C=O) groups excluding carboxylic acids is 1. The minimum absolute atomic E-state index is 0.0735. The molecule has 308 valence electrons. The minimum Gasteiger partial charge on any atom is -0.480 e. The lowest BCUT2D eigenvalue weighted by molar-refractivity contribution is -0.138.